The Morgan fingerprint density at radius 1 is 0.929 bits per heavy atom. The molecule has 0 amide bonds. The second-order valence-corrected chi connectivity index (χ2v) is 7.14. The second-order valence-electron chi connectivity index (χ2n) is 7.14. The first kappa shape index (κ1) is 21.5. The summed E-state index contributed by atoms with van der Waals surface area (Å²) in [5.41, 5.74) is 1.32. The van der Waals surface area contributed by atoms with Crippen LogP contribution in [-0.4, -0.2) is 18.3 Å². The molecule has 0 aliphatic carbocycles. The van der Waals surface area contributed by atoms with Gasteiger partial charge in [-0.25, -0.2) is 0 Å². The summed E-state index contributed by atoms with van der Waals surface area (Å²) in [7, 11) is 1.63. The molecule has 0 heterocycles. The summed E-state index contributed by atoms with van der Waals surface area (Å²) in [6.45, 7) is 2.14. The zero-order valence-electron chi connectivity index (χ0n) is 16.7. The zero-order valence-corrected chi connectivity index (χ0v) is 16.7. The van der Waals surface area contributed by atoms with Gasteiger partial charge in [-0.3, -0.25) is 0 Å². The summed E-state index contributed by atoms with van der Waals surface area (Å²) < 4.78 is 5.18. The topological polar surface area (TPSA) is 77.0 Å². The van der Waals surface area contributed by atoms with E-state index in [1.54, 1.807) is 7.11 Å². The number of nitrogens with zero attached hydrogens (tertiary/aromatic N) is 2. The number of hydrogen-bond acceptors (Lipinski definition) is 4. The molecule has 0 saturated heterocycles. The van der Waals surface area contributed by atoms with E-state index in [1.807, 2.05) is 48.5 Å². The number of hydrogen-bond donors (Lipinski definition) is 1. The highest BCUT2D eigenvalue weighted by molar-refractivity contribution is 5.65. The van der Waals surface area contributed by atoms with Crippen molar-refractivity contribution in [2.45, 2.75) is 57.0 Å². The van der Waals surface area contributed by atoms with Crippen LogP contribution >= 0.6 is 0 Å². The largest absolute Gasteiger partial charge is 0.497 e. The van der Waals surface area contributed by atoms with Gasteiger partial charge in [0.05, 0.1) is 25.4 Å². The highest BCUT2D eigenvalue weighted by Gasteiger charge is 2.35. The number of aliphatic hydroxyl groups is 1. The minimum atomic E-state index is -1.33. The van der Waals surface area contributed by atoms with E-state index in [0.717, 1.165) is 42.6 Å². The Balaban J connectivity index is 2.14. The van der Waals surface area contributed by atoms with Gasteiger partial charge in [-0.15, -0.1) is 0 Å². The molecule has 0 aromatic heterocycles. The quantitative estimate of drug-likeness (QED) is 0.566. The molecule has 2 rings (SSSR count). The molecule has 0 aliphatic rings. The molecule has 4 nitrogen and oxygen atoms in total. The van der Waals surface area contributed by atoms with Crippen LogP contribution in [-0.2, 0) is 5.41 Å². The van der Waals surface area contributed by atoms with Gasteiger partial charge in [0.2, 0.25) is 0 Å². The molecule has 0 unspecified atom stereocenters. The van der Waals surface area contributed by atoms with E-state index in [-0.39, 0.29) is 6.42 Å². The van der Waals surface area contributed by atoms with Gasteiger partial charge in [0.25, 0.3) is 0 Å². The molecule has 2 aromatic rings. The number of ether oxygens (including phenoxy) is 1. The summed E-state index contributed by atoms with van der Waals surface area (Å²) in [6.07, 6.45) is 4.35. The average Bonchev–Trinajstić information content (AvgIpc) is 2.75. The van der Waals surface area contributed by atoms with Crippen molar-refractivity contribution in [2.24, 2.45) is 0 Å². The smallest absolute Gasteiger partial charge is 0.171 e. The van der Waals surface area contributed by atoms with Gasteiger partial charge in [0.15, 0.2) is 5.41 Å². The first-order valence-corrected chi connectivity index (χ1v) is 9.84. The van der Waals surface area contributed by atoms with Crippen molar-refractivity contribution >= 4 is 0 Å². The van der Waals surface area contributed by atoms with Crippen LogP contribution in [0.25, 0.3) is 11.1 Å². The van der Waals surface area contributed by atoms with E-state index >= 15 is 0 Å². The van der Waals surface area contributed by atoms with E-state index < -0.39 is 11.5 Å². The number of aliphatic hydroxyl groups excluding tert-OH is 1. The van der Waals surface area contributed by atoms with Gasteiger partial charge in [-0.1, -0.05) is 69.0 Å². The molecule has 1 atom stereocenters. The average molecular weight is 377 g/mol. The van der Waals surface area contributed by atoms with Crippen molar-refractivity contribution in [3.8, 4) is 29.0 Å². The molecule has 0 radical (unpaired) electrons. The lowest BCUT2D eigenvalue weighted by atomic mass is 9.77. The summed E-state index contributed by atoms with van der Waals surface area (Å²) in [6, 6.07) is 19.5. The van der Waals surface area contributed by atoms with Crippen molar-refractivity contribution in [3.63, 3.8) is 0 Å². The number of nitriles is 2. The number of benzene rings is 2. The maximum Gasteiger partial charge on any atom is 0.171 e. The lowest BCUT2D eigenvalue weighted by Crippen LogP contribution is -2.28. The summed E-state index contributed by atoms with van der Waals surface area (Å²) in [5.74, 6) is 0.793. The lowest BCUT2D eigenvalue weighted by molar-refractivity contribution is 0.139. The van der Waals surface area contributed by atoms with Crippen LogP contribution in [0.2, 0.25) is 0 Å². The van der Waals surface area contributed by atoms with E-state index in [4.69, 9.17) is 4.74 Å². The molecule has 4 heteroatoms. The highest BCUT2D eigenvalue weighted by Crippen LogP contribution is 2.32. The van der Waals surface area contributed by atoms with Gasteiger partial charge < -0.3 is 9.84 Å². The third-order valence-electron chi connectivity index (χ3n) is 5.12. The van der Waals surface area contributed by atoms with Gasteiger partial charge in [0.1, 0.15) is 5.75 Å². The predicted octanol–water partition coefficient (Wildman–Crippen LogP) is 5.37. The van der Waals surface area contributed by atoms with Crippen LogP contribution in [0, 0.1) is 22.7 Å². The monoisotopic (exact) mass is 376 g/mol. The van der Waals surface area contributed by atoms with Crippen LogP contribution in [0.3, 0.4) is 0 Å². The van der Waals surface area contributed by atoms with Crippen LogP contribution < -0.4 is 4.74 Å². The fraction of sp³-hybridized carbons (Fsp3) is 0.417. The Morgan fingerprint density at radius 3 is 2.00 bits per heavy atom. The molecular formula is C24H28N2O2. The van der Waals surface area contributed by atoms with Gasteiger partial charge in [0, 0.05) is 6.42 Å². The second kappa shape index (κ2) is 10.5. The Morgan fingerprint density at radius 2 is 1.50 bits per heavy atom. The SMILES string of the molecule is CCCCCC[C@@H](O)CC(C#N)(C#N)c1ccc(-c2ccc(OC)cc2)cc1. The summed E-state index contributed by atoms with van der Waals surface area (Å²) in [4.78, 5) is 0. The van der Waals surface area contributed by atoms with E-state index in [0.29, 0.717) is 12.0 Å². The minimum absolute atomic E-state index is 0.133. The fourth-order valence-electron chi connectivity index (χ4n) is 3.36. The van der Waals surface area contributed by atoms with Crippen molar-refractivity contribution in [1.29, 1.82) is 10.5 Å². The number of rotatable bonds is 10. The maximum absolute atomic E-state index is 10.4. The molecule has 0 spiro atoms. The Labute approximate surface area is 168 Å². The van der Waals surface area contributed by atoms with Crippen LogP contribution in [0.1, 0.15) is 51.0 Å². The van der Waals surface area contributed by atoms with E-state index in [1.165, 1.54) is 0 Å². The first-order chi connectivity index (χ1) is 13.6. The van der Waals surface area contributed by atoms with Gasteiger partial charge >= 0.3 is 0 Å². The minimum Gasteiger partial charge on any atom is -0.497 e. The lowest BCUT2D eigenvalue weighted by Gasteiger charge is -2.23. The molecule has 2 aromatic carbocycles. The standard InChI is InChI=1S/C24H28N2O2/c1-3-4-5-6-7-22(27)16-24(17-25,18-26)21-12-8-19(9-13-21)20-10-14-23(28-2)15-11-20/h8-15,22,27H,3-7,16H2,1-2H3/t22-/m1/s1. The molecule has 146 valence electrons. The van der Waals surface area contributed by atoms with Crippen molar-refractivity contribution < 1.29 is 9.84 Å². The zero-order chi connectivity index (χ0) is 20.4. The molecule has 0 aliphatic heterocycles. The predicted molar refractivity (Wildman–Crippen MR) is 111 cm³/mol. The Kier molecular flexibility index (Phi) is 8.05. The van der Waals surface area contributed by atoms with E-state index in [9.17, 15) is 15.6 Å². The van der Waals surface area contributed by atoms with Crippen LogP contribution in [0.15, 0.2) is 48.5 Å². The normalized spacial score (nSPS) is 12.0. The molecule has 0 saturated carbocycles. The number of methoxy groups -OCH3 is 1. The molecule has 1 N–H and O–H groups in total. The molecule has 28 heavy (non-hydrogen) atoms. The Hall–Kier alpha value is -2.82. The summed E-state index contributed by atoms with van der Waals surface area (Å²) >= 11 is 0. The maximum atomic E-state index is 10.4. The molecule has 0 fully saturated rings. The number of unbranched alkanes of at least 4 members (excludes halogenated alkanes) is 3. The van der Waals surface area contributed by atoms with Crippen LogP contribution in [0.4, 0.5) is 0 Å². The fourth-order valence-corrected chi connectivity index (χ4v) is 3.36. The third kappa shape index (κ3) is 5.35. The Bertz CT molecular complexity index is 800. The van der Waals surface area contributed by atoms with Gasteiger partial charge in [-0.05, 0) is 35.2 Å². The molecule has 0 bridgehead atoms. The van der Waals surface area contributed by atoms with Crippen molar-refractivity contribution in [1.82, 2.24) is 0 Å². The van der Waals surface area contributed by atoms with Crippen molar-refractivity contribution in [3.05, 3.63) is 54.1 Å². The van der Waals surface area contributed by atoms with Gasteiger partial charge in [-0.2, -0.15) is 10.5 Å². The van der Waals surface area contributed by atoms with Crippen molar-refractivity contribution in [2.75, 3.05) is 7.11 Å². The summed E-state index contributed by atoms with van der Waals surface area (Å²) in [5, 5.41) is 29.8. The molecular weight excluding hydrogens is 348 g/mol. The van der Waals surface area contributed by atoms with Crippen LogP contribution in [0.5, 0.6) is 5.75 Å². The highest BCUT2D eigenvalue weighted by atomic mass is 16.5. The third-order valence-corrected chi connectivity index (χ3v) is 5.12. The van der Waals surface area contributed by atoms with E-state index in [2.05, 4.69) is 19.1 Å². The first-order valence-electron chi connectivity index (χ1n) is 9.84.